The average molecular weight is 371 g/mol. The van der Waals surface area contributed by atoms with E-state index in [4.69, 9.17) is 0 Å². The molecule has 4 rings (SSSR count). The number of likely N-dealkylation sites (N-methyl/N-ethyl adjacent to an activating group) is 1. The smallest absolute Gasteiger partial charge is 0.0462 e. The molecule has 3 aromatic carbocycles. The number of anilines is 2. The SMILES string of the molecule is CN1CCN(c2ccc3ccccc3c2)c2cc(/C=C/C(C)(C)C)ccc2C1. The van der Waals surface area contributed by atoms with Crippen molar-refractivity contribution in [3.8, 4) is 0 Å². The zero-order valence-electron chi connectivity index (χ0n) is 17.4. The summed E-state index contributed by atoms with van der Waals surface area (Å²) in [5, 5.41) is 2.59. The summed E-state index contributed by atoms with van der Waals surface area (Å²) < 4.78 is 0. The average Bonchev–Trinajstić information content (AvgIpc) is 2.83. The summed E-state index contributed by atoms with van der Waals surface area (Å²) >= 11 is 0. The lowest BCUT2D eigenvalue weighted by Gasteiger charge is -2.26. The molecular formula is C26H30N2. The first-order valence-electron chi connectivity index (χ1n) is 10.2. The molecule has 1 heterocycles. The van der Waals surface area contributed by atoms with Crippen molar-refractivity contribution >= 4 is 28.2 Å². The first-order chi connectivity index (χ1) is 13.4. The predicted molar refractivity (Wildman–Crippen MR) is 122 cm³/mol. The van der Waals surface area contributed by atoms with Crippen molar-refractivity contribution in [2.24, 2.45) is 5.41 Å². The molecule has 0 aliphatic carbocycles. The molecule has 2 nitrogen and oxygen atoms in total. The van der Waals surface area contributed by atoms with Gasteiger partial charge < -0.3 is 9.80 Å². The minimum atomic E-state index is 0.186. The van der Waals surface area contributed by atoms with Gasteiger partial charge in [-0.05, 0) is 52.6 Å². The van der Waals surface area contributed by atoms with E-state index in [0.29, 0.717) is 0 Å². The van der Waals surface area contributed by atoms with Crippen molar-refractivity contribution in [2.75, 3.05) is 25.0 Å². The molecule has 144 valence electrons. The molecule has 0 radical (unpaired) electrons. The van der Waals surface area contributed by atoms with E-state index in [2.05, 4.69) is 110 Å². The fraction of sp³-hybridized carbons (Fsp3) is 0.308. The van der Waals surface area contributed by atoms with Gasteiger partial charge >= 0.3 is 0 Å². The molecule has 0 saturated carbocycles. The third-order valence-electron chi connectivity index (χ3n) is 5.37. The van der Waals surface area contributed by atoms with Crippen LogP contribution in [0.15, 0.2) is 66.7 Å². The predicted octanol–water partition coefficient (Wildman–Crippen LogP) is 6.48. The molecule has 0 saturated heterocycles. The Morgan fingerprint density at radius 2 is 1.64 bits per heavy atom. The fourth-order valence-corrected chi connectivity index (χ4v) is 3.79. The van der Waals surface area contributed by atoms with Crippen LogP contribution in [-0.2, 0) is 6.54 Å². The topological polar surface area (TPSA) is 6.48 Å². The quantitative estimate of drug-likeness (QED) is 0.509. The lowest BCUT2D eigenvalue weighted by molar-refractivity contribution is 0.343. The molecule has 1 aliphatic heterocycles. The molecule has 0 bridgehead atoms. The zero-order valence-corrected chi connectivity index (χ0v) is 17.4. The van der Waals surface area contributed by atoms with E-state index in [0.717, 1.165) is 19.6 Å². The van der Waals surface area contributed by atoms with Gasteiger partial charge in [0.15, 0.2) is 0 Å². The van der Waals surface area contributed by atoms with Crippen molar-refractivity contribution in [2.45, 2.75) is 27.3 Å². The second-order valence-electron chi connectivity index (χ2n) is 9.01. The van der Waals surface area contributed by atoms with E-state index in [1.807, 2.05) is 0 Å². The Labute approximate surface area is 169 Å². The molecule has 0 fully saturated rings. The fourth-order valence-electron chi connectivity index (χ4n) is 3.79. The monoisotopic (exact) mass is 370 g/mol. The van der Waals surface area contributed by atoms with Gasteiger partial charge in [-0.2, -0.15) is 0 Å². The summed E-state index contributed by atoms with van der Waals surface area (Å²) in [6.45, 7) is 9.75. The molecule has 3 aromatic rings. The van der Waals surface area contributed by atoms with Gasteiger partial charge in [-0.25, -0.2) is 0 Å². The zero-order chi connectivity index (χ0) is 19.7. The normalized spacial score (nSPS) is 15.8. The van der Waals surface area contributed by atoms with E-state index in [-0.39, 0.29) is 5.41 Å². The van der Waals surface area contributed by atoms with Gasteiger partial charge in [0.2, 0.25) is 0 Å². The first-order valence-corrected chi connectivity index (χ1v) is 10.2. The van der Waals surface area contributed by atoms with E-state index in [9.17, 15) is 0 Å². The number of nitrogens with zero attached hydrogens (tertiary/aromatic N) is 2. The van der Waals surface area contributed by atoms with Crippen molar-refractivity contribution in [1.82, 2.24) is 4.90 Å². The van der Waals surface area contributed by atoms with E-state index in [1.165, 1.54) is 33.3 Å². The minimum absolute atomic E-state index is 0.186. The number of hydrogen-bond donors (Lipinski definition) is 0. The van der Waals surface area contributed by atoms with Crippen LogP contribution >= 0.6 is 0 Å². The maximum absolute atomic E-state index is 2.49. The number of fused-ring (bicyclic) bond motifs is 2. The van der Waals surface area contributed by atoms with Gasteiger partial charge in [-0.15, -0.1) is 0 Å². The highest BCUT2D eigenvalue weighted by Gasteiger charge is 2.20. The Hall–Kier alpha value is -2.58. The van der Waals surface area contributed by atoms with E-state index < -0.39 is 0 Å². The number of benzene rings is 3. The van der Waals surface area contributed by atoms with E-state index in [1.54, 1.807) is 0 Å². The second kappa shape index (κ2) is 7.44. The van der Waals surface area contributed by atoms with Crippen molar-refractivity contribution in [3.05, 3.63) is 77.9 Å². The van der Waals surface area contributed by atoms with Crippen LogP contribution in [0.2, 0.25) is 0 Å². The van der Waals surface area contributed by atoms with Crippen molar-refractivity contribution in [1.29, 1.82) is 0 Å². The molecular weight excluding hydrogens is 340 g/mol. The first kappa shape index (κ1) is 18.8. The summed E-state index contributed by atoms with van der Waals surface area (Å²) in [7, 11) is 2.21. The van der Waals surface area contributed by atoms with Crippen LogP contribution in [-0.4, -0.2) is 25.0 Å². The maximum Gasteiger partial charge on any atom is 0.0462 e. The summed E-state index contributed by atoms with van der Waals surface area (Å²) in [6, 6.07) is 22.3. The number of rotatable bonds is 2. The standard InChI is InChI=1S/C26H30N2/c1-26(2,3)14-13-20-9-10-23-19-27(4)15-16-28(25(23)17-20)24-12-11-21-7-5-6-8-22(21)18-24/h5-14,17-18H,15-16,19H2,1-4H3/b14-13+. The Bertz CT molecular complexity index is 1010. The Kier molecular flexibility index (Phi) is 4.99. The highest BCUT2D eigenvalue weighted by molar-refractivity contribution is 5.87. The third-order valence-corrected chi connectivity index (χ3v) is 5.37. The summed E-state index contributed by atoms with van der Waals surface area (Å²) in [5.41, 5.74) is 5.44. The van der Waals surface area contributed by atoms with Crippen LogP contribution in [0.3, 0.4) is 0 Å². The van der Waals surface area contributed by atoms with Gasteiger partial charge in [0.25, 0.3) is 0 Å². The van der Waals surface area contributed by atoms with Gasteiger partial charge in [-0.1, -0.05) is 75.4 Å². The highest BCUT2D eigenvalue weighted by atomic mass is 15.2. The van der Waals surface area contributed by atoms with Gasteiger partial charge in [0, 0.05) is 31.0 Å². The Morgan fingerprint density at radius 3 is 2.43 bits per heavy atom. The van der Waals surface area contributed by atoms with Crippen LogP contribution in [0.4, 0.5) is 11.4 Å². The van der Waals surface area contributed by atoms with Crippen molar-refractivity contribution in [3.63, 3.8) is 0 Å². The molecule has 2 heteroatoms. The molecule has 28 heavy (non-hydrogen) atoms. The van der Waals surface area contributed by atoms with Crippen LogP contribution in [0.25, 0.3) is 16.8 Å². The maximum atomic E-state index is 2.49. The van der Waals surface area contributed by atoms with E-state index >= 15 is 0 Å². The van der Waals surface area contributed by atoms with Crippen LogP contribution in [0.5, 0.6) is 0 Å². The molecule has 0 amide bonds. The molecule has 1 aliphatic rings. The molecule has 0 spiro atoms. The Morgan fingerprint density at radius 1 is 0.857 bits per heavy atom. The molecule has 0 N–H and O–H groups in total. The third kappa shape index (κ3) is 4.13. The van der Waals surface area contributed by atoms with Gasteiger partial charge in [0.05, 0.1) is 0 Å². The number of hydrogen-bond acceptors (Lipinski definition) is 2. The lowest BCUT2D eigenvalue weighted by atomic mass is 9.95. The minimum Gasteiger partial charge on any atom is -0.340 e. The van der Waals surface area contributed by atoms with Crippen LogP contribution in [0.1, 0.15) is 31.9 Å². The summed E-state index contributed by atoms with van der Waals surface area (Å²) in [6.07, 6.45) is 4.55. The van der Waals surface area contributed by atoms with Crippen LogP contribution in [0, 0.1) is 5.41 Å². The van der Waals surface area contributed by atoms with Crippen LogP contribution < -0.4 is 4.90 Å². The Balaban J connectivity index is 1.78. The largest absolute Gasteiger partial charge is 0.340 e. The lowest BCUT2D eigenvalue weighted by Crippen LogP contribution is -2.26. The molecule has 0 atom stereocenters. The summed E-state index contributed by atoms with van der Waals surface area (Å²) in [4.78, 5) is 4.89. The summed E-state index contributed by atoms with van der Waals surface area (Å²) in [5.74, 6) is 0. The van der Waals surface area contributed by atoms with Crippen molar-refractivity contribution < 1.29 is 0 Å². The molecule has 0 unspecified atom stereocenters. The van der Waals surface area contributed by atoms with Gasteiger partial charge in [0.1, 0.15) is 0 Å². The highest BCUT2D eigenvalue weighted by Crippen LogP contribution is 2.34. The molecule has 0 aromatic heterocycles. The van der Waals surface area contributed by atoms with Gasteiger partial charge in [-0.3, -0.25) is 0 Å². The second-order valence-corrected chi connectivity index (χ2v) is 9.01. The number of allylic oxidation sites excluding steroid dienone is 1.